The number of hydrogen-bond donors (Lipinski definition) is 2. The molecule has 2 fully saturated rings. The van der Waals surface area contributed by atoms with Crippen LogP contribution in [0.15, 0.2) is 18.2 Å². The third-order valence-corrected chi connectivity index (χ3v) is 5.03. The molecule has 0 unspecified atom stereocenters. The lowest BCUT2D eigenvalue weighted by atomic mass is 10.0. The molecule has 128 valence electrons. The highest BCUT2D eigenvalue weighted by molar-refractivity contribution is 5.92. The Morgan fingerprint density at radius 3 is 2.83 bits per heavy atom. The van der Waals surface area contributed by atoms with E-state index in [0.29, 0.717) is 25.6 Å². The normalized spacial score (nSPS) is 20.5. The molecule has 0 atom stereocenters. The van der Waals surface area contributed by atoms with Crippen LogP contribution in [0.5, 0.6) is 0 Å². The van der Waals surface area contributed by atoms with Crippen molar-refractivity contribution >= 4 is 28.8 Å². The van der Waals surface area contributed by atoms with E-state index in [1.54, 1.807) is 4.90 Å². The number of hydrogen-bond acceptors (Lipinski definition) is 5. The van der Waals surface area contributed by atoms with Gasteiger partial charge in [0, 0.05) is 12.2 Å². The average molecular weight is 330 g/mol. The minimum Gasteiger partial charge on any atom is -0.449 e. The molecule has 7 nitrogen and oxygen atoms in total. The van der Waals surface area contributed by atoms with Gasteiger partial charge in [-0.3, -0.25) is 4.90 Å². The SMILES string of the molecule is Nc1nc2cc(N3CCCOC3=O)ccc2n1CC1(O)CCCC1. The summed E-state index contributed by atoms with van der Waals surface area (Å²) in [5.74, 6) is 0.392. The maximum Gasteiger partial charge on any atom is 0.414 e. The van der Waals surface area contributed by atoms with Gasteiger partial charge in [-0.05, 0) is 37.5 Å². The second kappa shape index (κ2) is 5.66. The van der Waals surface area contributed by atoms with Gasteiger partial charge in [0.2, 0.25) is 5.95 Å². The number of nitrogens with zero attached hydrogens (tertiary/aromatic N) is 3. The van der Waals surface area contributed by atoms with E-state index in [4.69, 9.17) is 10.5 Å². The van der Waals surface area contributed by atoms with Gasteiger partial charge in [-0.1, -0.05) is 12.8 Å². The first kappa shape index (κ1) is 15.3. The van der Waals surface area contributed by atoms with Crippen LogP contribution in [0.25, 0.3) is 11.0 Å². The minimum absolute atomic E-state index is 0.326. The van der Waals surface area contributed by atoms with Gasteiger partial charge in [-0.15, -0.1) is 0 Å². The molecule has 2 aromatic rings. The molecule has 4 rings (SSSR count). The molecule has 24 heavy (non-hydrogen) atoms. The molecular formula is C17H22N4O3. The predicted octanol–water partition coefficient (Wildman–Crippen LogP) is 2.27. The lowest BCUT2D eigenvalue weighted by Crippen LogP contribution is -2.37. The van der Waals surface area contributed by atoms with Gasteiger partial charge in [0.15, 0.2) is 0 Å². The van der Waals surface area contributed by atoms with E-state index in [-0.39, 0.29) is 6.09 Å². The third-order valence-electron chi connectivity index (χ3n) is 5.03. The summed E-state index contributed by atoms with van der Waals surface area (Å²) in [5.41, 5.74) is 7.75. The van der Waals surface area contributed by atoms with Crippen molar-refractivity contribution < 1.29 is 14.6 Å². The zero-order valence-electron chi connectivity index (χ0n) is 13.6. The van der Waals surface area contributed by atoms with Crippen LogP contribution in [0.3, 0.4) is 0 Å². The van der Waals surface area contributed by atoms with Crippen molar-refractivity contribution in [3.63, 3.8) is 0 Å². The molecule has 1 saturated heterocycles. The summed E-state index contributed by atoms with van der Waals surface area (Å²) in [5, 5.41) is 10.7. The van der Waals surface area contributed by atoms with Gasteiger partial charge in [0.25, 0.3) is 0 Å². The number of benzene rings is 1. The fourth-order valence-corrected chi connectivity index (χ4v) is 3.74. The molecule has 0 spiro atoms. The van der Waals surface area contributed by atoms with Crippen molar-refractivity contribution in [2.24, 2.45) is 0 Å². The van der Waals surface area contributed by atoms with E-state index >= 15 is 0 Å². The zero-order chi connectivity index (χ0) is 16.7. The molecule has 0 bridgehead atoms. The number of rotatable bonds is 3. The summed E-state index contributed by atoms with van der Waals surface area (Å²) in [6.07, 6.45) is 4.17. The highest BCUT2D eigenvalue weighted by Gasteiger charge is 2.32. The maximum atomic E-state index is 11.9. The molecule has 0 radical (unpaired) electrons. The lowest BCUT2D eigenvalue weighted by Gasteiger charge is -2.26. The third kappa shape index (κ3) is 2.58. The molecule has 1 aliphatic heterocycles. The Labute approximate surface area is 140 Å². The van der Waals surface area contributed by atoms with Gasteiger partial charge < -0.3 is 20.1 Å². The number of anilines is 2. The molecule has 1 saturated carbocycles. The van der Waals surface area contributed by atoms with Crippen LogP contribution in [0.2, 0.25) is 0 Å². The number of ether oxygens (including phenoxy) is 1. The smallest absolute Gasteiger partial charge is 0.414 e. The van der Waals surface area contributed by atoms with E-state index in [1.165, 1.54) is 0 Å². The first-order valence-corrected chi connectivity index (χ1v) is 8.48. The van der Waals surface area contributed by atoms with Crippen molar-refractivity contribution in [2.45, 2.75) is 44.2 Å². The predicted molar refractivity (Wildman–Crippen MR) is 90.9 cm³/mol. The average Bonchev–Trinajstić information content (AvgIpc) is 3.12. The monoisotopic (exact) mass is 330 g/mol. The maximum absolute atomic E-state index is 11.9. The molecule has 1 aromatic carbocycles. The summed E-state index contributed by atoms with van der Waals surface area (Å²) in [4.78, 5) is 17.9. The number of carbonyl (C=O) groups is 1. The summed E-state index contributed by atoms with van der Waals surface area (Å²) < 4.78 is 6.97. The van der Waals surface area contributed by atoms with Crippen molar-refractivity contribution in [2.75, 3.05) is 23.8 Å². The zero-order valence-corrected chi connectivity index (χ0v) is 13.6. The fraction of sp³-hybridized carbons (Fsp3) is 0.529. The van der Waals surface area contributed by atoms with Gasteiger partial charge in [-0.2, -0.15) is 0 Å². The summed E-state index contributed by atoms with van der Waals surface area (Å²) in [6.45, 7) is 1.57. The molecule has 1 aromatic heterocycles. The molecule has 1 amide bonds. The number of nitrogens with two attached hydrogens (primary N) is 1. The Bertz CT molecular complexity index is 779. The Balaban J connectivity index is 1.68. The van der Waals surface area contributed by atoms with E-state index in [0.717, 1.165) is 48.8 Å². The number of nitrogen functional groups attached to an aromatic ring is 1. The first-order chi connectivity index (χ1) is 11.6. The van der Waals surface area contributed by atoms with Crippen molar-refractivity contribution in [1.29, 1.82) is 0 Å². The topological polar surface area (TPSA) is 93.6 Å². The van der Waals surface area contributed by atoms with E-state index < -0.39 is 5.60 Å². The Morgan fingerprint density at radius 2 is 2.08 bits per heavy atom. The minimum atomic E-state index is -0.697. The summed E-state index contributed by atoms with van der Waals surface area (Å²) in [6, 6.07) is 5.65. The highest BCUT2D eigenvalue weighted by atomic mass is 16.6. The van der Waals surface area contributed by atoms with E-state index in [9.17, 15) is 9.90 Å². The fourth-order valence-electron chi connectivity index (χ4n) is 3.74. The van der Waals surface area contributed by atoms with E-state index in [2.05, 4.69) is 4.98 Å². The molecular weight excluding hydrogens is 308 g/mol. The lowest BCUT2D eigenvalue weighted by molar-refractivity contribution is 0.0315. The van der Waals surface area contributed by atoms with Crippen LogP contribution in [0.4, 0.5) is 16.4 Å². The highest BCUT2D eigenvalue weighted by Crippen LogP contribution is 2.33. The molecule has 3 N–H and O–H groups in total. The van der Waals surface area contributed by atoms with Crippen LogP contribution in [0.1, 0.15) is 32.1 Å². The first-order valence-electron chi connectivity index (χ1n) is 8.48. The summed E-state index contributed by atoms with van der Waals surface area (Å²) in [7, 11) is 0. The number of aliphatic hydroxyl groups is 1. The number of aromatic nitrogens is 2. The Hall–Kier alpha value is -2.28. The molecule has 2 heterocycles. The van der Waals surface area contributed by atoms with Crippen molar-refractivity contribution in [3.8, 4) is 0 Å². The standard InChI is InChI=1S/C17H22N4O3/c18-15-19-13-10-12(20-8-3-9-24-16(20)22)4-5-14(13)21(15)11-17(23)6-1-2-7-17/h4-5,10,23H,1-3,6-9,11H2,(H2,18,19). The summed E-state index contributed by atoms with van der Waals surface area (Å²) >= 11 is 0. The second-order valence-corrected chi connectivity index (χ2v) is 6.78. The van der Waals surface area contributed by atoms with Gasteiger partial charge in [0.1, 0.15) is 0 Å². The molecule has 7 heteroatoms. The van der Waals surface area contributed by atoms with Gasteiger partial charge >= 0.3 is 6.09 Å². The Kier molecular flexibility index (Phi) is 3.60. The van der Waals surface area contributed by atoms with Crippen LogP contribution in [0, 0.1) is 0 Å². The van der Waals surface area contributed by atoms with Crippen LogP contribution in [-0.4, -0.2) is 39.5 Å². The number of imidazole rings is 1. The quantitative estimate of drug-likeness (QED) is 0.900. The second-order valence-electron chi connectivity index (χ2n) is 6.78. The van der Waals surface area contributed by atoms with Crippen LogP contribution in [-0.2, 0) is 11.3 Å². The van der Waals surface area contributed by atoms with Crippen molar-refractivity contribution in [3.05, 3.63) is 18.2 Å². The number of cyclic esters (lactones) is 1. The van der Waals surface area contributed by atoms with Gasteiger partial charge in [-0.25, -0.2) is 9.78 Å². The van der Waals surface area contributed by atoms with Crippen molar-refractivity contribution in [1.82, 2.24) is 9.55 Å². The number of amides is 1. The molecule has 1 aliphatic carbocycles. The van der Waals surface area contributed by atoms with Crippen LogP contribution >= 0.6 is 0 Å². The van der Waals surface area contributed by atoms with Crippen LogP contribution < -0.4 is 10.6 Å². The molecule has 2 aliphatic rings. The van der Waals surface area contributed by atoms with Gasteiger partial charge in [0.05, 0.1) is 29.8 Å². The number of carbonyl (C=O) groups excluding carboxylic acids is 1. The largest absolute Gasteiger partial charge is 0.449 e. The number of fused-ring (bicyclic) bond motifs is 1. The Morgan fingerprint density at radius 1 is 1.29 bits per heavy atom. The van der Waals surface area contributed by atoms with E-state index in [1.807, 2.05) is 22.8 Å².